The van der Waals surface area contributed by atoms with Crippen molar-refractivity contribution in [1.29, 1.82) is 5.26 Å². The summed E-state index contributed by atoms with van der Waals surface area (Å²) < 4.78 is 5.63. The maximum Gasteiger partial charge on any atom is 0.306 e. The molecule has 0 heterocycles. The second-order valence-electron chi connectivity index (χ2n) is 8.11. The number of hydrogen-bond acceptors (Lipinski definition) is 3. The predicted molar refractivity (Wildman–Crippen MR) is 96.3 cm³/mol. The zero-order valence-electron chi connectivity index (χ0n) is 15.7. The minimum atomic E-state index is -0.0305. The van der Waals surface area contributed by atoms with Crippen LogP contribution in [-0.4, -0.2) is 12.1 Å². The smallest absolute Gasteiger partial charge is 0.306 e. The highest BCUT2D eigenvalue weighted by atomic mass is 16.5. The van der Waals surface area contributed by atoms with Gasteiger partial charge in [0.1, 0.15) is 6.10 Å². The van der Waals surface area contributed by atoms with E-state index >= 15 is 0 Å². The number of ether oxygens (including phenoxy) is 1. The summed E-state index contributed by atoms with van der Waals surface area (Å²) in [7, 11) is 0. The first-order valence-corrected chi connectivity index (χ1v) is 10.2. The van der Waals surface area contributed by atoms with Gasteiger partial charge in [-0.05, 0) is 76.0 Å². The molecule has 136 valence electrons. The van der Waals surface area contributed by atoms with Crippen molar-refractivity contribution in [3.05, 3.63) is 0 Å². The number of hydrogen-bond donors (Lipinski definition) is 0. The normalized spacial score (nSPS) is 33.6. The van der Waals surface area contributed by atoms with E-state index in [0.717, 1.165) is 63.2 Å². The second kappa shape index (κ2) is 9.44. The Balaban J connectivity index is 1.72. The zero-order valence-corrected chi connectivity index (χ0v) is 15.7. The Bertz CT molecular complexity index is 424. The molecule has 24 heavy (non-hydrogen) atoms. The van der Waals surface area contributed by atoms with Gasteiger partial charge in [-0.25, -0.2) is 0 Å². The number of nitrogens with zero attached hydrogens (tertiary/aromatic N) is 1. The Morgan fingerprint density at radius 2 is 1.67 bits per heavy atom. The van der Waals surface area contributed by atoms with Crippen LogP contribution in [0.3, 0.4) is 0 Å². The lowest BCUT2D eigenvalue weighted by atomic mass is 9.64. The SMILES string of the molecule is CCCCC(=O)OC1CCC([C@H]2CC[C@](C#N)(CCC)CC2)CC1. The lowest BCUT2D eigenvalue weighted by molar-refractivity contribution is -0.151. The lowest BCUT2D eigenvalue weighted by Crippen LogP contribution is -2.32. The molecule has 2 fully saturated rings. The van der Waals surface area contributed by atoms with E-state index in [1.807, 2.05) is 0 Å². The van der Waals surface area contributed by atoms with Crippen molar-refractivity contribution in [3.63, 3.8) is 0 Å². The van der Waals surface area contributed by atoms with Crippen LogP contribution in [0.5, 0.6) is 0 Å². The first kappa shape index (κ1) is 19.3. The average Bonchev–Trinajstić information content (AvgIpc) is 2.61. The highest BCUT2D eigenvalue weighted by Crippen LogP contribution is 2.46. The predicted octanol–water partition coefficient (Wildman–Crippen LogP) is 5.78. The number of unbranched alkanes of at least 4 members (excludes halogenated alkanes) is 1. The molecular formula is C21H35NO2. The van der Waals surface area contributed by atoms with Gasteiger partial charge in [0.15, 0.2) is 0 Å². The number of rotatable bonds is 7. The number of carbonyl (C=O) groups excluding carboxylic acids is 1. The fraction of sp³-hybridized carbons (Fsp3) is 0.905. The summed E-state index contributed by atoms with van der Waals surface area (Å²) in [6.45, 7) is 4.29. The van der Waals surface area contributed by atoms with Crippen LogP contribution < -0.4 is 0 Å². The molecule has 2 saturated carbocycles. The third-order valence-electron chi connectivity index (χ3n) is 6.37. The summed E-state index contributed by atoms with van der Waals surface area (Å²) in [6, 6.07) is 2.63. The first-order chi connectivity index (χ1) is 11.6. The maximum atomic E-state index is 11.8. The summed E-state index contributed by atoms with van der Waals surface area (Å²) in [5, 5.41) is 9.55. The molecule has 0 bridgehead atoms. The minimum Gasteiger partial charge on any atom is -0.462 e. The Hall–Kier alpha value is -1.04. The molecule has 0 aromatic rings. The monoisotopic (exact) mass is 333 g/mol. The zero-order chi connectivity index (χ0) is 17.4. The molecule has 0 spiro atoms. The van der Waals surface area contributed by atoms with E-state index in [1.54, 1.807) is 0 Å². The van der Waals surface area contributed by atoms with E-state index in [4.69, 9.17) is 4.74 Å². The van der Waals surface area contributed by atoms with Crippen LogP contribution in [0, 0.1) is 28.6 Å². The second-order valence-corrected chi connectivity index (χ2v) is 8.11. The molecule has 0 unspecified atom stereocenters. The van der Waals surface area contributed by atoms with Crippen molar-refractivity contribution < 1.29 is 9.53 Å². The molecule has 0 amide bonds. The molecule has 2 aliphatic rings. The van der Waals surface area contributed by atoms with Gasteiger partial charge >= 0.3 is 5.97 Å². The summed E-state index contributed by atoms with van der Waals surface area (Å²) in [5.41, 5.74) is -0.0305. The largest absolute Gasteiger partial charge is 0.462 e. The van der Waals surface area contributed by atoms with E-state index < -0.39 is 0 Å². The van der Waals surface area contributed by atoms with Crippen molar-refractivity contribution in [3.8, 4) is 6.07 Å². The Morgan fingerprint density at radius 3 is 2.21 bits per heavy atom. The van der Waals surface area contributed by atoms with Gasteiger partial charge in [0, 0.05) is 6.42 Å². The molecular weight excluding hydrogens is 298 g/mol. The van der Waals surface area contributed by atoms with Gasteiger partial charge in [0.05, 0.1) is 11.5 Å². The standard InChI is InChI=1S/C21H35NO2/c1-3-5-6-20(23)24-19-9-7-17(8-10-19)18-11-14-21(16-22,13-4-2)15-12-18/h17-19H,3-15H2,1-2H3/t17?,18-,19?,21+. The van der Waals surface area contributed by atoms with Crippen LogP contribution in [-0.2, 0) is 9.53 Å². The fourth-order valence-corrected chi connectivity index (χ4v) is 4.80. The van der Waals surface area contributed by atoms with Crippen molar-refractivity contribution in [2.45, 2.75) is 103 Å². The molecule has 0 N–H and O–H groups in total. The van der Waals surface area contributed by atoms with E-state index in [-0.39, 0.29) is 17.5 Å². The van der Waals surface area contributed by atoms with Crippen LogP contribution in [0.2, 0.25) is 0 Å². The molecule has 0 aromatic heterocycles. The summed E-state index contributed by atoms with van der Waals surface area (Å²) in [5.74, 6) is 1.57. The summed E-state index contributed by atoms with van der Waals surface area (Å²) >= 11 is 0. The molecule has 0 radical (unpaired) electrons. The van der Waals surface area contributed by atoms with Crippen LogP contribution in [0.4, 0.5) is 0 Å². The molecule has 3 heteroatoms. The summed E-state index contributed by atoms with van der Waals surface area (Å²) in [6.07, 6.45) is 14.0. The highest BCUT2D eigenvalue weighted by molar-refractivity contribution is 5.69. The molecule has 2 rings (SSSR count). The topological polar surface area (TPSA) is 50.1 Å². The van der Waals surface area contributed by atoms with Crippen LogP contribution in [0.1, 0.15) is 97.3 Å². The van der Waals surface area contributed by atoms with Gasteiger partial charge in [-0.3, -0.25) is 4.79 Å². The van der Waals surface area contributed by atoms with Crippen molar-refractivity contribution in [1.82, 2.24) is 0 Å². The van der Waals surface area contributed by atoms with Crippen molar-refractivity contribution in [2.24, 2.45) is 17.3 Å². The van der Waals surface area contributed by atoms with Crippen molar-refractivity contribution >= 4 is 5.97 Å². The molecule has 0 aliphatic heterocycles. The van der Waals surface area contributed by atoms with E-state index in [1.165, 1.54) is 25.7 Å². The van der Waals surface area contributed by atoms with E-state index in [9.17, 15) is 10.1 Å². The maximum absolute atomic E-state index is 11.8. The number of carbonyl (C=O) groups is 1. The Labute approximate surface area is 148 Å². The Morgan fingerprint density at radius 1 is 1.04 bits per heavy atom. The van der Waals surface area contributed by atoms with E-state index in [0.29, 0.717) is 6.42 Å². The van der Waals surface area contributed by atoms with Gasteiger partial charge < -0.3 is 4.74 Å². The van der Waals surface area contributed by atoms with Crippen LogP contribution >= 0.6 is 0 Å². The number of esters is 1. The average molecular weight is 334 g/mol. The van der Waals surface area contributed by atoms with Gasteiger partial charge in [-0.2, -0.15) is 5.26 Å². The van der Waals surface area contributed by atoms with E-state index in [2.05, 4.69) is 19.9 Å². The molecule has 3 nitrogen and oxygen atoms in total. The molecule has 0 atom stereocenters. The first-order valence-electron chi connectivity index (χ1n) is 10.2. The lowest BCUT2D eigenvalue weighted by Gasteiger charge is -2.40. The number of nitriles is 1. The highest BCUT2D eigenvalue weighted by Gasteiger charge is 2.38. The van der Waals surface area contributed by atoms with Crippen molar-refractivity contribution in [2.75, 3.05) is 0 Å². The van der Waals surface area contributed by atoms with Gasteiger partial charge in [-0.15, -0.1) is 0 Å². The molecule has 0 aromatic carbocycles. The molecule has 2 aliphatic carbocycles. The quantitative estimate of drug-likeness (QED) is 0.555. The third-order valence-corrected chi connectivity index (χ3v) is 6.37. The molecule has 0 saturated heterocycles. The third kappa shape index (κ3) is 5.23. The van der Waals surface area contributed by atoms with Gasteiger partial charge in [-0.1, -0.05) is 26.7 Å². The Kier molecular flexibility index (Phi) is 7.59. The fourth-order valence-electron chi connectivity index (χ4n) is 4.80. The van der Waals surface area contributed by atoms with Crippen LogP contribution in [0.15, 0.2) is 0 Å². The minimum absolute atomic E-state index is 0.00339. The summed E-state index contributed by atoms with van der Waals surface area (Å²) in [4.78, 5) is 11.8. The van der Waals surface area contributed by atoms with Gasteiger partial charge in [0.2, 0.25) is 0 Å². The van der Waals surface area contributed by atoms with Crippen LogP contribution in [0.25, 0.3) is 0 Å². The van der Waals surface area contributed by atoms with Gasteiger partial charge in [0.25, 0.3) is 0 Å².